The predicted molar refractivity (Wildman–Crippen MR) is 137 cm³/mol. The molecule has 190 valence electrons. The van der Waals surface area contributed by atoms with Crippen molar-refractivity contribution in [2.75, 3.05) is 12.0 Å². The highest BCUT2D eigenvalue weighted by Crippen LogP contribution is 2.32. The summed E-state index contributed by atoms with van der Waals surface area (Å²) in [5, 5.41) is 2.44. The van der Waals surface area contributed by atoms with Crippen LogP contribution in [0.5, 0.6) is 11.5 Å². The molecule has 0 spiro atoms. The third kappa shape index (κ3) is 5.35. The average Bonchev–Trinajstić information content (AvgIpc) is 2.84. The zero-order valence-corrected chi connectivity index (χ0v) is 21.5. The molecule has 0 radical (unpaired) electrons. The van der Waals surface area contributed by atoms with E-state index in [-0.39, 0.29) is 27.6 Å². The Balaban J connectivity index is 1.76. The first-order valence-electron chi connectivity index (χ1n) is 10.9. The Labute approximate surface area is 218 Å². The first-order chi connectivity index (χ1) is 17.5. The van der Waals surface area contributed by atoms with E-state index in [1.807, 2.05) is 6.92 Å². The van der Waals surface area contributed by atoms with E-state index >= 15 is 0 Å². The summed E-state index contributed by atoms with van der Waals surface area (Å²) in [6, 6.07) is 13.9. The van der Waals surface area contributed by atoms with Crippen LogP contribution in [0.2, 0.25) is 5.02 Å². The van der Waals surface area contributed by atoms with Gasteiger partial charge in [-0.3, -0.25) is 14.9 Å². The number of urea groups is 1. The monoisotopic (exact) mass is 540 g/mol. The van der Waals surface area contributed by atoms with Gasteiger partial charge in [0.2, 0.25) is 0 Å². The molecule has 11 heteroatoms. The number of benzene rings is 3. The molecular weight excluding hydrogens is 520 g/mol. The molecule has 3 aromatic carbocycles. The van der Waals surface area contributed by atoms with Gasteiger partial charge in [-0.1, -0.05) is 35.4 Å². The number of imide groups is 2. The molecule has 0 saturated carbocycles. The number of rotatable bonds is 6. The first kappa shape index (κ1) is 25.9. The standard InChI is InChI=1S/C26H21ClN2O7S/c1-15-4-10-20(11-5-15)37(33,34)36-23-14-19(35-3)9-7-17(23)12-21-24(30)28-26(32)29(25(21)31)18-8-6-16(2)22(27)13-18/h4-14H,1-3H3,(H,28,30,32)/b21-12+. The molecule has 1 fully saturated rings. The van der Waals surface area contributed by atoms with Crippen LogP contribution < -0.4 is 19.1 Å². The number of aryl methyl sites for hydroxylation is 2. The fourth-order valence-electron chi connectivity index (χ4n) is 3.47. The van der Waals surface area contributed by atoms with Crippen LogP contribution in [0.25, 0.3) is 6.08 Å². The molecule has 0 aliphatic carbocycles. The largest absolute Gasteiger partial charge is 0.497 e. The number of barbiturate groups is 1. The topological polar surface area (TPSA) is 119 Å². The maximum Gasteiger partial charge on any atom is 0.339 e. The zero-order valence-electron chi connectivity index (χ0n) is 19.9. The fraction of sp³-hybridized carbons (Fsp3) is 0.115. The van der Waals surface area contributed by atoms with Gasteiger partial charge in [0, 0.05) is 16.7 Å². The summed E-state index contributed by atoms with van der Waals surface area (Å²) in [6.45, 7) is 3.57. The highest BCUT2D eigenvalue weighted by Gasteiger charge is 2.37. The van der Waals surface area contributed by atoms with E-state index in [1.165, 1.54) is 49.6 Å². The highest BCUT2D eigenvalue weighted by molar-refractivity contribution is 7.87. The number of nitrogens with zero attached hydrogens (tertiary/aromatic N) is 1. The van der Waals surface area contributed by atoms with Crippen molar-refractivity contribution >= 4 is 51.3 Å². The number of hydrogen-bond acceptors (Lipinski definition) is 7. The molecule has 1 N–H and O–H groups in total. The molecule has 1 aliphatic heterocycles. The van der Waals surface area contributed by atoms with Crippen molar-refractivity contribution in [3.05, 3.63) is 87.9 Å². The second-order valence-corrected chi connectivity index (χ2v) is 10.1. The molecule has 3 aromatic rings. The molecule has 9 nitrogen and oxygen atoms in total. The van der Waals surface area contributed by atoms with Gasteiger partial charge in [0.25, 0.3) is 11.8 Å². The second kappa shape index (κ2) is 10.1. The lowest BCUT2D eigenvalue weighted by atomic mass is 10.1. The fourth-order valence-corrected chi connectivity index (χ4v) is 4.59. The highest BCUT2D eigenvalue weighted by atomic mass is 35.5. The van der Waals surface area contributed by atoms with Gasteiger partial charge in [0.1, 0.15) is 16.2 Å². The summed E-state index contributed by atoms with van der Waals surface area (Å²) in [4.78, 5) is 39.1. The van der Waals surface area contributed by atoms with Crippen molar-refractivity contribution in [3.8, 4) is 11.5 Å². The Morgan fingerprint density at radius 2 is 1.65 bits per heavy atom. The lowest BCUT2D eigenvalue weighted by Gasteiger charge is -2.26. The first-order valence-corrected chi connectivity index (χ1v) is 12.7. The van der Waals surface area contributed by atoms with Crippen molar-refractivity contribution in [2.45, 2.75) is 18.7 Å². The van der Waals surface area contributed by atoms with Gasteiger partial charge in [-0.25, -0.2) is 9.69 Å². The Kier molecular flexibility index (Phi) is 7.06. The van der Waals surface area contributed by atoms with Gasteiger partial charge < -0.3 is 8.92 Å². The van der Waals surface area contributed by atoms with Crippen molar-refractivity contribution in [1.82, 2.24) is 5.32 Å². The minimum Gasteiger partial charge on any atom is -0.497 e. The molecule has 1 aliphatic rings. The Morgan fingerprint density at radius 1 is 0.946 bits per heavy atom. The van der Waals surface area contributed by atoms with Crippen molar-refractivity contribution < 1.29 is 31.7 Å². The Bertz CT molecular complexity index is 1560. The third-order valence-electron chi connectivity index (χ3n) is 5.55. The number of carbonyl (C=O) groups excluding carboxylic acids is 3. The van der Waals surface area contributed by atoms with Crippen molar-refractivity contribution in [3.63, 3.8) is 0 Å². The molecule has 4 rings (SSSR count). The number of nitrogens with one attached hydrogen (secondary N) is 1. The van der Waals surface area contributed by atoms with Crippen LogP contribution in [0.15, 0.2) is 71.1 Å². The summed E-state index contributed by atoms with van der Waals surface area (Å²) in [7, 11) is -2.88. The summed E-state index contributed by atoms with van der Waals surface area (Å²) in [6.07, 6.45) is 1.15. The Hall–Kier alpha value is -4.15. The maximum atomic E-state index is 13.3. The smallest absolute Gasteiger partial charge is 0.339 e. The SMILES string of the molecule is COc1ccc(/C=C2\C(=O)NC(=O)N(c3ccc(C)c(Cl)c3)C2=O)c(OS(=O)(=O)c2ccc(C)cc2)c1. The Morgan fingerprint density at radius 3 is 2.30 bits per heavy atom. The maximum absolute atomic E-state index is 13.3. The van der Waals surface area contributed by atoms with Crippen LogP contribution in [0.4, 0.5) is 10.5 Å². The number of hydrogen-bond donors (Lipinski definition) is 1. The van der Waals surface area contributed by atoms with E-state index < -0.39 is 33.5 Å². The van der Waals surface area contributed by atoms with Crippen LogP contribution in [0, 0.1) is 13.8 Å². The van der Waals surface area contributed by atoms with E-state index in [1.54, 1.807) is 25.1 Å². The molecule has 37 heavy (non-hydrogen) atoms. The number of methoxy groups -OCH3 is 1. The molecule has 0 unspecified atom stereocenters. The summed E-state index contributed by atoms with van der Waals surface area (Å²) < 4.78 is 36.4. The minimum absolute atomic E-state index is 0.0842. The van der Waals surface area contributed by atoms with E-state index in [2.05, 4.69) is 5.32 Å². The average molecular weight is 541 g/mol. The van der Waals surface area contributed by atoms with Crippen LogP contribution in [-0.2, 0) is 19.7 Å². The van der Waals surface area contributed by atoms with Gasteiger partial charge in [0.15, 0.2) is 5.75 Å². The van der Waals surface area contributed by atoms with Gasteiger partial charge in [0.05, 0.1) is 12.8 Å². The summed E-state index contributed by atoms with van der Waals surface area (Å²) in [5.41, 5.74) is 1.42. The predicted octanol–water partition coefficient (Wildman–Crippen LogP) is 4.40. The second-order valence-electron chi connectivity index (χ2n) is 8.15. The quantitative estimate of drug-likeness (QED) is 0.279. The van der Waals surface area contributed by atoms with Crippen molar-refractivity contribution in [2.24, 2.45) is 0 Å². The molecule has 0 aromatic heterocycles. The van der Waals surface area contributed by atoms with E-state index in [4.69, 9.17) is 20.5 Å². The zero-order chi connectivity index (χ0) is 26.9. The van der Waals surface area contributed by atoms with Crippen LogP contribution >= 0.6 is 11.6 Å². The number of carbonyl (C=O) groups is 3. The molecule has 4 amide bonds. The van der Waals surface area contributed by atoms with Crippen LogP contribution in [0.1, 0.15) is 16.7 Å². The van der Waals surface area contributed by atoms with Gasteiger partial charge >= 0.3 is 16.1 Å². The van der Waals surface area contributed by atoms with E-state index in [0.29, 0.717) is 5.02 Å². The van der Waals surface area contributed by atoms with Gasteiger partial charge in [-0.2, -0.15) is 8.42 Å². The molecular formula is C26H21ClN2O7S. The van der Waals surface area contributed by atoms with Crippen LogP contribution in [0.3, 0.4) is 0 Å². The molecule has 0 bridgehead atoms. The third-order valence-corrected chi connectivity index (χ3v) is 7.20. The van der Waals surface area contributed by atoms with Crippen molar-refractivity contribution in [1.29, 1.82) is 0 Å². The normalized spacial score (nSPS) is 15.1. The van der Waals surface area contributed by atoms with E-state index in [0.717, 1.165) is 22.1 Å². The molecule has 0 atom stereocenters. The number of anilines is 1. The minimum atomic E-state index is -4.27. The number of halogens is 1. The van der Waals surface area contributed by atoms with Gasteiger partial charge in [-0.05, 0) is 61.9 Å². The lowest BCUT2D eigenvalue weighted by Crippen LogP contribution is -2.54. The summed E-state index contributed by atoms with van der Waals surface area (Å²) in [5.74, 6) is -1.78. The number of amides is 4. The van der Waals surface area contributed by atoms with Crippen LogP contribution in [-0.4, -0.2) is 33.4 Å². The molecule has 1 heterocycles. The van der Waals surface area contributed by atoms with E-state index in [9.17, 15) is 22.8 Å². The lowest BCUT2D eigenvalue weighted by molar-refractivity contribution is -0.122. The summed E-state index contributed by atoms with van der Waals surface area (Å²) >= 11 is 6.16. The van der Waals surface area contributed by atoms with Gasteiger partial charge in [-0.15, -0.1) is 0 Å². The number of ether oxygens (including phenoxy) is 1. The molecule has 1 saturated heterocycles.